The maximum Gasteiger partial charge on any atom is 0.152 e. The lowest BCUT2D eigenvalue weighted by Crippen LogP contribution is -2.51. The van der Waals surface area contributed by atoms with Gasteiger partial charge in [0.15, 0.2) is 5.60 Å². The van der Waals surface area contributed by atoms with Gasteiger partial charge < -0.3 is 29.9 Å². The molecule has 3 unspecified atom stereocenters. The van der Waals surface area contributed by atoms with E-state index in [4.69, 9.17) is 9.47 Å². The van der Waals surface area contributed by atoms with Gasteiger partial charge in [-0.05, 0) is 61.1 Å². The van der Waals surface area contributed by atoms with Crippen LogP contribution in [0.15, 0.2) is 36.4 Å². The molecule has 2 saturated heterocycles. The minimum atomic E-state index is -1.77. The van der Waals surface area contributed by atoms with E-state index >= 15 is 0 Å². The van der Waals surface area contributed by atoms with Crippen molar-refractivity contribution in [2.75, 3.05) is 6.61 Å². The Morgan fingerprint density at radius 2 is 1.47 bits per heavy atom. The van der Waals surface area contributed by atoms with E-state index in [9.17, 15) is 20.4 Å². The van der Waals surface area contributed by atoms with Gasteiger partial charge in [0, 0.05) is 0 Å². The lowest BCUT2D eigenvalue weighted by atomic mass is 9.80. The molecule has 4 N–H and O–H groups in total. The molecule has 0 bridgehead atoms. The van der Waals surface area contributed by atoms with Crippen LogP contribution in [0.3, 0.4) is 0 Å². The molecule has 2 heterocycles. The molecule has 30 heavy (non-hydrogen) atoms. The van der Waals surface area contributed by atoms with Crippen molar-refractivity contribution < 1.29 is 29.9 Å². The molecule has 0 radical (unpaired) electrons. The fourth-order valence-electron chi connectivity index (χ4n) is 4.61. The average Bonchev–Trinajstić information content (AvgIpc) is 3.16. The van der Waals surface area contributed by atoms with Crippen molar-refractivity contribution in [2.45, 2.75) is 69.9 Å². The highest BCUT2D eigenvalue weighted by Gasteiger charge is 2.68. The molecule has 7 atom stereocenters. The van der Waals surface area contributed by atoms with E-state index in [1.54, 1.807) is 0 Å². The van der Waals surface area contributed by atoms with E-state index in [0.717, 1.165) is 27.8 Å². The summed E-state index contributed by atoms with van der Waals surface area (Å²) < 4.78 is 12.1. The second-order valence-corrected chi connectivity index (χ2v) is 8.73. The SMILES string of the molecule is Cc1ccc(C2O[C@H]3[C@@H]([C@H](O)CO)OC(c4ccc(C)c(C)c4)[C@]3(O)C2O)cc1C. The lowest BCUT2D eigenvalue weighted by Gasteiger charge is -2.31. The van der Waals surface area contributed by atoms with E-state index < -0.39 is 48.8 Å². The number of aliphatic hydroxyl groups is 4. The summed E-state index contributed by atoms with van der Waals surface area (Å²) in [5.74, 6) is 0. The second kappa shape index (κ2) is 7.71. The standard InChI is InChI=1S/C24H30O6/c1-12-5-7-16(9-14(12)3)19-21(27)24(28)22(17-8-6-13(2)15(4)10-17)30-20(18(26)11-25)23(24)29-19/h5-10,18-23,25-28H,11H2,1-4H3/t18-,19?,20-,21?,22?,23+,24-/m1/s1. The quantitative estimate of drug-likeness (QED) is 0.610. The first kappa shape index (κ1) is 21.4. The number of hydrogen-bond donors (Lipinski definition) is 4. The molecule has 0 spiro atoms. The number of rotatable bonds is 4. The van der Waals surface area contributed by atoms with Gasteiger partial charge in [-0.3, -0.25) is 0 Å². The molecule has 2 aliphatic rings. The Labute approximate surface area is 176 Å². The first-order valence-electron chi connectivity index (χ1n) is 10.3. The van der Waals surface area contributed by atoms with Crippen molar-refractivity contribution in [3.63, 3.8) is 0 Å². The molecule has 6 heteroatoms. The summed E-state index contributed by atoms with van der Waals surface area (Å²) in [6.07, 6.45) is -6.16. The molecule has 6 nitrogen and oxygen atoms in total. The third kappa shape index (κ3) is 3.19. The molecule has 2 aromatic rings. The first-order valence-corrected chi connectivity index (χ1v) is 10.3. The van der Waals surface area contributed by atoms with E-state index in [1.807, 2.05) is 64.1 Å². The van der Waals surface area contributed by atoms with Gasteiger partial charge in [-0.1, -0.05) is 36.4 Å². The third-order valence-electron chi connectivity index (χ3n) is 6.78. The Morgan fingerprint density at radius 1 is 0.900 bits per heavy atom. The van der Waals surface area contributed by atoms with Gasteiger partial charge in [-0.25, -0.2) is 0 Å². The maximum atomic E-state index is 11.8. The van der Waals surface area contributed by atoms with Crippen LogP contribution in [-0.4, -0.2) is 57.0 Å². The average molecular weight is 414 g/mol. The summed E-state index contributed by atoms with van der Waals surface area (Å²) in [6, 6.07) is 11.5. The highest BCUT2D eigenvalue weighted by molar-refractivity contribution is 5.37. The molecule has 0 aliphatic carbocycles. The largest absolute Gasteiger partial charge is 0.394 e. The molecule has 0 amide bonds. The molecule has 2 aromatic carbocycles. The topological polar surface area (TPSA) is 99.4 Å². The van der Waals surface area contributed by atoms with Crippen molar-refractivity contribution in [3.8, 4) is 0 Å². The highest BCUT2D eigenvalue weighted by Crippen LogP contribution is 2.54. The van der Waals surface area contributed by atoms with E-state index in [2.05, 4.69) is 0 Å². The van der Waals surface area contributed by atoms with Crippen molar-refractivity contribution in [1.29, 1.82) is 0 Å². The fraction of sp³-hybridized carbons (Fsp3) is 0.500. The predicted molar refractivity (Wildman–Crippen MR) is 111 cm³/mol. The van der Waals surface area contributed by atoms with Crippen molar-refractivity contribution >= 4 is 0 Å². The number of ether oxygens (including phenoxy) is 2. The molecule has 2 aliphatic heterocycles. The summed E-state index contributed by atoms with van der Waals surface area (Å²) in [4.78, 5) is 0. The minimum absolute atomic E-state index is 0.537. The van der Waals surface area contributed by atoms with E-state index in [1.165, 1.54) is 0 Å². The highest BCUT2D eigenvalue weighted by atomic mass is 16.6. The number of hydrogen-bond acceptors (Lipinski definition) is 6. The van der Waals surface area contributed by atoms with Crippen LogP contribution in [0.25, 0.3) is 0 Å². The van der Waals surface area contributed by atoms with Crippen LogP contribution >= 0.6 is 0 Å². The van der Waals surface area contributed by atoms with Gasteiger partial charge in [0.1, 0.15) is 36.6 Å². The van der Waals surface area contributed by atoms with Crippen LogP contribution < -0.4 is 0 Å². The van der Waals surface area contributed by atoms with Gasteiger partial charge >= 0.3 is 0 Å². The molecule has 162 valence electrons. The van der Waals surface area contributed by atoms with Crippen LogP contribution in [0.2, 0.25) is 0 Å². The lowest BCUT2D eigenvalue weighted by molar-refractivity contribution is -0.132. The Balaban J connectivity index is 1.77. The van der Waals surface area contributed by atoms with Crippen molar-refractivity contribution in [1.82, 2.24) is 0 Å². The summed E-state index contributed by atoms with van der Waals surface area (Å²) in [5, 5.41) is 42.9. The second-order valence-electron chi connectivity index (χ2n) is 8.73. The summed E-state index contributed by atoms with van der Waals surface area (Å²) in [7, 11) is 0. The van der Waals surface area contributed by atoms with Crippen molar-refractivity contribution in [3.05, 3.63) is 69.8 Å². The number of benzene rings is 2. The van der Waals surface area contributed by atoms with Crippen LogP contribution in [0.1, 0.15) is 45.6 Å². The van der Waals surface area contributed by atoms with E-state index in [-0.39, 0.29) is 0 Å². The Morgan fingerprint density at radius 3 is 2.03 bits per heavy atom. The first-order chi connectivity index (χ1) is 14.2. The zero-order valence-electron chi connectivity index (χ0n) is 17.7. The summed E-state index contributed by atoms with van der Waals surface area (Å²) in [6.45, 7) is 7.41. The van der Waals surface area contributed by atoms with Crippen LogP contribution in [0, 0.1) is 27.7 Å². The smallest absolute Gasteiger partial charge is 0.152 e. The van der Waals surface area contributed by atoms with Gasteiger partial charge in [0.25, 0.3) is 0 Å². The zero-order valence-corrected chi connectivity index (χ0v) is 17.7. The Kier molecular flexibility index (Phi) is 5.51. The predicted octanol–water partition coefficient (Wildman–Crippen LogP) is 1.95. The van der Waals surface area contributed by atoms with E-state index in [0.29, 0.717) is 5.56 Å². The van der Waals surface area contributed by atoms with Crippen LogP contribution in [0.5, 0.6) is 0 Å². The molecule has 0 aromatic heterocycles. The monoisotopic (exact) mass is 414 g/mol. The third-order valence-corrected chi connectivity index (χ3v) is 6.78. The van der Waals surface area contributed by atoms with Gasteiger partial charge in [0.2, 0.25) is 0 Å². The molecular weight excluding hydrogens is 384 g/mol. The Bertz CT molecular complexity index is 943. The number of fused-ring (bicyclic) bond motifs is 1. The van der Waals surface area contributed by atoms with Crippen LogP contribution in [-0.2, 0) is 9.47 Å². The zero-order chi connectivity index (χ0) is 21.8. The number of aryl methyl sites for hydroxylation is 4. The minimum Gasteiger partial charge on any atom is -0.394 e. The molecular formula is C24H30O6. The number of aliphatic hydroxyl groups excluding tert-OH is 3. The summed E-state index contributed by atoms with van der Waals surface area (Å²) >= 11 is 0. The Hall–Kier alpha value is -1.80. The normalized spacial score (nSPS) is 34.2. The van der Waals surface area contributed by atoms with Crippen molar-refractivity contribution in [2.24, 2.45) is 0 Å². The van der Waals surface area contributed by atoms with Crippen LogP contribution in [0.4, 0.5) is 0 Å². The van der Waals surface area contributed by atoms with Gasteiger partial charge in [-0.2, -0.15) is 0 Å². The van der Waals surface area contributed by atoms with Gasteiger partial charge in [0.05, 0.1) is 6.61 Å². The molecule has 2 fully saturated rings. The van der Waals surface area contributed by atoms with Gasteiger partial charge in [-0.15, -0.1) is 0 Å². The molecule has 0 saturated carbocycles. The molecule has 4 rings (SSSR count). The summed E-state index contributed by atoms with van der Waals surface area (Å²) in [5.41, 5.74) is 3.99. The maximum absolute atomic E-state index is 11.8. The fourth-order valence-corrected chi connectivity index (χ4v) is 4.61.